The average molecular weight is 286 g/mol. The predicted octanol–water partition coefficient (Wildman–Crippen LogP) is 1.73. The van der Waals surface area contributed by atoms with Gasteiger partial charge in [0.2, 0.25) is 0 Å². The molecule has 2 N–H and O–H groups in total. The number of nitrogens with one attached hydrogen (secondary N) is 2. The van der Waals surface area contributed by atoms with Crippen molar-refractivity contribution in [3.63, 3.8) is 0 Å². The van der Waals surface area contributed by atoms with E-state index in [0.717, 1.165) is 23.9 Å². The first-order chi connectivity index (χ1) is 10.2. The van der Waals surface area contributed by atoms with Gasteiger partial charge < -0.3 is 10.6 Å². The van der Waals surface area contributed by atoms with Crippen molar-refractivity contribution < 1.29 is 0 Å². The molecule has 112 valence electrons. The summed E-state index contributed by atoms with van der Waals surface area (Å²) in [5.41, 5.74) is 1.05. The van der Waals surface area contributed by atoms with Crippen LogP contribution < -0.4 is 10.6 Å². The molecule has 0 aromatic carbocycles. The minimum atomic E-state index is 0.338. The zero-order chi connectivity index (χ0) is 15.1. The second kappa shape index (κ2) is 7.42. The van der Waals surface area contributed by atoms with Crippen LogP contribution in [0.4, 0.5) is 0 Å². The third kappa shape index (κ3) is 4.30. The Labute approximate surface area is 125 Å². The summed E-state index contributed by atoms with van der Waals surface area (Å²) in [5.74, 6) is 1.67. The summed E-state index contributed by atoms with van der Waals surface area (Å²) < 4.78 is 1.90. The monoisotopic (exact) mass is 286 g/mol. The maximum atomic E-state index is 4.62. The first-order valence-corrected chi connectivity index (χ1v) is 7.17. The highest BCUT2D eigenvalue weighted by Crippen LogP contribution is 2.11. The van der Waals surface area contributed by atoms with Crippen LogP contribution >= 0.6 is 0 Å². The van der Waals surface area contributed by atoms with Crippen LogP contribution in [0.15, 0.2) is 42.0 Å². The maximum absolute atomic E-state index is 4.62. The summed E-state index contributed by atoms with van der Waals surface area (Å²) in [6.07, 6.45) is 7.15. The molecular weight excluding hydrogens is 264 g/mol. The van der Waals surface area contributed by atoms with E-state index in [1.165, 1.54) is 0 Å². The van der Waals surface area contributed by atoms with Gasteiger partial charge in [0.05, 0.1) is 6.54 Å². The van der Waals surface area contributed by atoms with Crippen molar-refractivity contribution in [1.29, 1.82) is 0 Å². The van der Waals surface area contributed by atoms with Gasteiger partial charge >= 0.3 is 0 Å². The first-order valence-electron chi connectivity index (χ1n) is 7.17. The minimum absolute atomic E-state index is 0.338. The van der Waals surface area contributed by atoms with E-state index in [1.807, 2.05) is 22.9 Å². The molecular formula is C15H22N6. The van der Waals surface area contributed by atoms with Crippen molar-refractivity contribution >= 4 is 5.96 Å². The van der Waals surface area contributed by atoms with Crippen LogP contribution in [0.1, 0.15) is 26.3 Å². The standard InChI is InChI=1S/C15H22N6/c1-4-17-15(20-12(2)3)19-10-13-6-5-7-18-14(13)21-9-8-16-11-21/h5-9,11-12H,4,10H2,1-3H3,(H2,17,19,20). The van der Waals surface area contributed by atoms with Crippen molar-refractivity contribution in [3.05, 3.63) is 42.6 Å². The summed E-state index contributed by atoms with van der Waals surface area (Å²) >= 11 is 0. The summed E-state index contributed by atoms with van der Waals surface area (Å²) in [7, 11) is 0. The number of pyridine rings is 1. The Bertz CT molecular complexity index is 574. The van der Waals surface area contributed by atoms with Crippen LogP contribution in [0.25, 0.3) is 5.82 Å². The molecule has 0 aliphatic carbocycles. The molecule has 0 spiro atoms. The maximum Gasteiger partial charge on any atom is 0.191 e. The molecule has 6 nitrogen and oxygen atoms in total. The third-order valence-corrected chi connectivity index (χ3v) is 2.79. The molecule has 0 saturated carbocycles. The quantitative estimate of drug-likeness (QED) is 0.649. The van der Waals surface area contributed by atoms with Crippen molar-refractivity contribution in [3.8, 4) is 5.82 Å². The van der Waals surface area contributed by atoms with Crippen LogP contribution in [0.5, 0.6) is 0 Å². The Hall–Kier alpha value is -2.37. The molecule has 0 aliphatic rings. The molecule has 0 fully saturated rings. The van der Waals surface area contributed by atoms with Crippen molar-refractivity contribution in [2.45, 2.75) is 33.4 Å². The second-order valence-corrected chi connectivity index (χ2v) is 4.95. The molecule has 2 aromatic heterocycles. The molecule has 0 atom stereocenters. The van der Waals surface area contributed by atoms with Gasteiger partial charge in [-0.2, -0.15) is 0 Å². The van der Waals surface area contributed by atoms with E-state index in [2.05, 4.69) is 46.4 Å². The van der Waals surface area contributed by atoms with E-state index in [4.69, 9.17) is 0 Å². The Morgan fingerprint density at radius 2 is 2.24 bits per heavy atom. The number of hydrogen-bond acceptors (Lipinski definition) is 3. The molecule has 2 rings (SSSR count). The first kappa shape index (κ1) is 15.0. The predicted molar refractivity (Wildman–Crippen MR) is 84.4 cm³/mol. The normalized spacial score (nSPS) is 11.7. The SMILES string of the molecule is CCNC(=NCc1cccnc1-n1ccnc1)NC(C)C. The highest BCUT2D eigenvalue weighted by atomic mass is 15.2. The number of aliphatic imine (C=N–C) groups is 1. The van der Waals surface area contributed by atoms with Crippen LogP contribution in [0.2, 0.25) is 0 Å². The Balaban J connectivity index is 2.19. The van der Waals surface area contributed by atoms with Gasteiger partial charge in [-0.05, 0) is 26.8 Å². The molecule has 0 amide bonds. The molecule has 2 aromatic rings. The molecule has 0 bridgehead atoms. The fourth-order valence-electron chi connectivity index (χ4n) is 1.93. The molecule has 0 aliphatic heterocycles. The summed E-state index contributed by atoms with van der Waals surface area (Å²) in [6, 6.07) is 4.29. The summed E-state index contributed by atoms with van der Waals surface area (Å²) in [6.45, 7) is 7.63. The average Bonchev–Trinajstić information content (AvgIpc) is 2.99. The number of rotatable bonds is 5. The fourth-order valence-corrected chi connectivity index (χ4v) is 1.93. The van der Waals surface area contributed by atoms with E-state index in [9.17, 15) is 0 Å². The van der Waals surface area contributed by atoms with Crippen LogP contribution in [-0.2, 0) is 6.54 Å². The fraction of sp³-hybridized carbons (Fsp3) is 0.400. The van der Waals surface area contributed by atoms with Gasteiger partial charge in [0.25, 0.3) is 0 Å². The lowest BCUT2D eigenvalue weighted by atomic mass is 10.2. The molecule has 21 heavy (non-hydrogen) atoms. The lowest BCUT2D eigenvalue weighted by molar-refractivity contribution is 0.700. The Kier molecular flexibility index (Phi) is 5.31. The molecule has 0 radical (unpaired) electrons. The Morgan fingerprint density at radius 1 is 1.38 bits per heavy atom. The lowest BCUT2D eigenvalue weighted by Crippen LogP contribution is -2.41. The molecule has 2 heterocycles. The van der Waals surface area contributed by atoms with Crippen LogP contribution in [0, 0.1) is 0 Å². The third-order valence-electron chi connectivity index (χ3n) is 2.79. The van der Waals surface area contributed by atoms with E-state index < -0.39 is 0 Å². The number of imidazole rings is 1. The van der Waals surface area contributed by atoms with Crippen LogP contribution in [-0.4, -0.2) is 33.1 Å². The van der Waals surface area contributed by atoms with Gasteiger partial charge in [0.1, 0.15) is 12.1 Å². The minimum Gasteiger partial charge on any atom is -0.357 e. The number of nitrogens with zero attached hydrogens (tertiary/aromatic N) is 4. The molecule has 6 heteroatoms. The van der Waals surface area contributed by atoms with E-state index in [0.29, 0.717) is 12.6 Å². The van der Waals surface area contributed by atoms with Gasteiger partial charge in [0.15, 0.2) is 5.96 Å². The van der Waals surface area contributed by atoms with Crippen molar-refractivity contribution in [2.75, 3.05) is 6.54 Å². The smallest absolute Gasteiger partial charge is 0.191 e. The van der Waals surface area contributed by atoms with Crippen LogP contribution in [0.3, 0.4) is 0 Å². The zero-order valence-corrected chi connectivity index (χ0v) is 12.7. The summed E-state index contributed by atoms with van der Waals surface area (Å²) in [5, 5.41) is 6.54. The van der Waals surface area contributed by atoms with Gasteiger partial charge in [-0.1, -0.05) is 6.07 Å². The van der Waals surface area contributed by atoms with Crippen molar-refractivity contribution in [2.24, 2.45) is 4.99 Å². The van der Waals surface area contributed by atoms with Crippen molar-refractivity contribution in [1.82, 2.24) is 25.2 Å². The van der Waals surface area contributed by atoms with Gasteiger partial charge in [0, 0.05) is 36.7 Å². The number of aromatic nitrogens is 3. The van der Waals surface area contributed by atoms with E-state index >= 15 is 0 Å². The molecule has 0 saturated heterocycles. The van der Waals surface area contributed by atoms with E-state index in [-0.39, 0.29) is 0 Å². The molecule has 0 unspecified atom stereocenters. The van der Waals surface area contributed by atoms with Gasteiger partial charge in [-0.25, -0.2) is 15.0 Å². The number of guanidine groups is 1. The largest absolute Gasteiger partial charge is 0.357 e. The zero-order valence-electron chi connectivity index (χ0n) is 12.7. The lowest BCUT2D eigenvalue weighted by Gasteiger charge is -2.14. The highest BCUT2D eigenvalue weighted by Gasteiger charge is 2.06. The second-order valence-electron chi connectivity index (χ2n) is 4.95. The Morgan fingerprint density at radius 3 is 2.90 bits per heavy atom. The van der Waals surface area contributed by atoms with E-state index in [1.54, 1.807) is 18.7 Å². The number of hydrogen-bond donors (Lipinski definition) is 2. The summed E-state index contributed by atoms with van der Waals surface area (Å²) in [4.78, 5) is 13.1. The topological polar surface area (TPSA) is 67.1 Å². The van der Waals surface area contributed by atoms with Gasteiger partial charge in [-0.3, -0.25) is 4.57 Å². The van der Waals surface area contributed by atoms with Gasteiger partial charge in [-0.15, -0.1) is 0 Å². The highest BCUT2D eigenvalue weighted by molar-refractivity contribution is 5.80.